The summed E-state index contributed by atoms with van der Waals surface area (Å²) < 4.78 is 1.16. The van der Waals surface area contributed by atoms with E-state index in [1.807, 2.05) is 17.6 Å². The van der Waals surface area contributed by atoms with Crippen LogP contribution in [-0.4, -0.2) is 4.98 Å². The van der Waals surface area contributed by atoms with Crippen molar-refractivity contribution in [1.82, 2.24) is 4.98 Å². The molecule has 0 fully saturated rings. The van der Waals surface area contributed by atoms with Crippen LogP contribution >= 0.6 is 34.3 Å². The second-order valence-corrected chi connectivity index (χ2v) is 6.30. The van der Waals surface area contributed by atoms with Crippen LogP contribution in [0.1, 0.15) is 10.4 Å². The van der Waals surface area contributed by atoms with Gasteiger partial charge in [-0.3, -0.25) is 0 Å². The number of aromatic nitrogens is 1. The fourth-order valence-corrected chi connectivity index (χ4v) is 3.58. The van der Waals surface area contributed by atoms with Crippen molar-refractivity contribution in [1.29, 1.82) is 0 Å². The molecule has 0 aliphatic rings. The van der Waals surface area contributed by atoms with E-state index in [0.29, 0.717) is 0 Å². The zero-order chi connectivity index (χ0) is 12.5. The molecule has 3 aromatic rings. The number of anilines is 1. The maximum atomic E-state index is 6.25. The summed E-state index contributed by atoms with van der Waals surface area (Å²) in [4.78, 5) is 5.71. The second kappa shape index (κ2) is 4.88. The van der Waals surface area contributed by atoms with Crippen molar-refractivity contribution in [2.24, 2.45) is 0 Å². The van der Waals surface area contributed by atoms with Gasteiger partial charge in [-0.1, -0.05) is 11.6 Å². The third-order valence-electron chi connectivity index (χ3n) is 2.85. The number of thiophene rings is 1. The van der Waals surface area contributed by atoms with E-state index in [0.717, 1.165) is 27.5 Å². The molecular weight excluding hydrogens is 284 g/mol. The lowest BCUT2D eigenvalue weighted by Gasteiger charge is -2.08. The molecule has 0 unspecified atom stereocenters. The van der Waals surface area contributed by atoms with Crippen molar-refractivity contribution in [2.75, 3.05) is 5.32 Å². The minimum atomic E-state index is 0.725. The summed E-state index contributed by atoms with van der Waals surface area (Å²) in [6.07, 6.45) is 0. The van der Waals surface area contributed by atoms with Crippen LogP contribution in [0.4, 0.5) is 5.69 Å². The highest BCUT2D eigenvalue weighted by Crippen LogP contribution is 2.33. The van der Waals surface area contributed by atoms with Gasteiger partial charge in [-0.25, -0.2) is 4.98 Å². The van der Waals surface area contributed by atoms with E-state index in [1.54, 1.807) is 22.7 Å². The van der Waals surface area contributed by atoms with E-state index in [9.17, 15) is 0 Å². The summed E-state index contributed by atoms with van der Waals surface area (Å²) in [5, 5.41) is 6.24. The van der Waals surface area contributed by atoms with Crippen molar-refractivity contribution in [3.8, 4) is 0 Å². The highest BCUT2D eigenvalue weighted by atomic mass is 35.5. The zero-order valence-electron chi connectivity index (χ0n) is 9.74. The summed E-state index contributed by atoms with van der Waals surface area (Å²) in [6.45, 7) is 2.92. The molecular formula is C13H11ClN2S2. The molecule has 0 radical (unpaired) electrons. The van der Waals surface area contributed by atoms with Gasteiger partial charge in [0.15, 0.2) is 0 Å². The quantitative estimate of drug-likeness (QED) is 0.741. The van der Waals surface area contributed by atoms with Gasteiger partial charge >= 0.3 is 0 Å². The Kier molecular flexibility index (Phi) is 3.24. The van der Waals surface area contributed by atoms with Gasteiger partial charge in [0.25, 0.3) is 0 Å². The van der Waals surface area contributed by atoms with E-state index >= 15 is 0 Å². The summed E-state index contributed by atoms with van der Waals surface area (Å²) in [5.74, 6) is 0. The number of fused-ring (bicyclic) bond motifs is 1. The summed E-state index contributed by atoms with van der Waals surface area (Å²) in [7, 11) is 0. The number of nitrogens with one attached hydrogen (secondary N) is 1. The molecule has 5 heteroatoms. The number of hydrogen-bond donors (Lipinski definition) is 1. The van der Waals surface area contributed by atoms with Crippen LogP contribution in [0, 0.1) is 6.92 Å². The molecule has 18 heavy (non-hydrogen) atoms. The first-order valence-corrected chi connectivity index (χ1v) is 7.68. The lowest BCUT2D eigenvalue weighted by Crippen LogP contribution is -2.00. The number of halogens is 1. The van der Waals surface area contributed by atoms with E-state index in [-0.39, 0.29) is 0 Å². The molecule has 2 nitrogen and oxygen atoms in total. The van der Waals surface area contributed by atoms with Gasteiger partial charge in [0, 0.05) is 11.4 Å². The number of benzene rings is 1. The largest absolute Gasteiger partial charge is 0.377 e. The molecule has 1 aromatic carbocycles. The van der Waals surface area contributed by atoms with Crippen molar-refractivity contribution < 1.29 is 0 Å². The molecule has 0 saturated carbocycles. The monoisotopic (exact) mass is 294 g/mol. The number of rotatable bonds is 3. The molecule has 0 saturated heterocycles. The smallest absolute Gasteiger partial charge is 0.106 e. The SMILES string of the molecule is Cc1ccsc1CNc1c(Cl)ccc2scnc12. The molecule has 0 amide bonds. The van der Waals surface area contributed by atoms with Crippen LogP contribution in [0.3, 0.4) is 0 Å². The van der Waals surface area contributed by atoms with Gasteiger partial charge in [0.2, 0.25) is 0 Å². The van der Waals surface area contributed by atoms with E-state index < -0.39 is 0 Å². The van der Waals surface area contributed by atoms with Gasteiger partial charge < -0.3 is 5.32 Å². The van der Waals surface area contributed by atoms with Crippen molar-refractivity contribution in [3.63, 3.8) is 0 Å². The highest BCUT2D eigenvalue weighted by Gasteiger charge is 2.09. The molecule has 0 spiro atoms. The molecule has 0 aliphatic heterocycles. The standard InChI is InChI=1S/C13H11ClN2S2/c1-8-4-5-17-11(8)6-15-12-9(14)2-3-10-13(12)16-7-18-10/h2-5,7,15H,6H2,1H3. The topological polar surface area (TPSA) is 24.9 Å². The van der Waals surface area contributed by atoms with Gasteiger partial charge in [-0.05, 0) is 36.1 Å². The first-order valence-electron chi connectivity index (χ1n) is 5.54. The highest BCUT2D eigenvalue weighted by molar-refractivity contribution is 7.16. The lowest BCUT2D eigenvalue weighted by atomic mass is 10.2. The molecule has 1 N–H and O–H groups in total. The Morgan fingerprint density at radius 3 is 2.94 bits per heavy atom. The number of hydrogen-bond acceptors (Lipinski definition) is 4. The molecule has 2 aromatic heterocycles. The summed E-state index contributed by atoms with van der Waals surface area (Å²) in [5.41, 5.74) is 5.06. The maximum absolute atomic E-state index is 6.25. The van der Waals surface area contributed by atoms with Crippen LogP contribution in [0.25, 0.3) is 10.2 Å². The Bertz CT molecular complexity index is 687. The molecule has 2 heterocycles. The van der Waals surface area contributed by atoms with E-state index in [2.05, 4.69) is 28.7 Å². The Hall–Kier alpha value is -1.10. The van der Waals surface area contributed by atoms with E-state index in [1.165, 1.54) is 10.4 Å². The van der Waals surface area contributed by atoms with Gasteiger partial charge in [-0.15, -0.1) is 22.7 Å². The number of aryl methyl sites for hydroxylation is 1. The summed E-state index contributed by atoms with van der Waals surface area (Å²) >= 11 is 9.63. The van der Waals surface area contributed by atoms with Crippen molar-refractivity contribution >= 4 is 50.2 Å². The fourth-order valence-electron chi connectivity index (χ4n) is 1.83. The third-order valence-corrected chi connectivity index (χ3v) is 4.98. The van der Waals surface area contributed by atoms with Crippen molar-refractivity contribution in [3.05, 3.63) is 44.6 Å². The Morgan fingerprint density at radius 2 is 2.17 bits per heavy atom. The Balaban J connectivity index is 1.92. The molecule has 92 valence electrons. The average Bonchev–Trinajstić information content (AvgIpc) is 2.97. The minimum absolute atomic E-state index is 0.725. The molecule has 3 rings (SSSR count). The molecule has 0 bridgehead atoms. The van der Waals surface area contributed by atoms with Gasteiger partial charge in [0.05, 0.1) is 20.9 Å². The lowest BCUT2D eigenvalue weighted by molar-refractivity contribution is 1.17. The summed E-state index contributed by atoms with van der Waals surface area (Å²) in [6, 6.07) is 6.06. The maximum Gasteiger partial charge on any atom is 0.106 e. The van der Waals surface area contributed by atoms with Crippen LogP contribution in [0.2, 0.25) is 5.02 Å². The Morgan fingerprint density at radius 1 is 1.28 bits per heavy atom. The van der Waals surface area contributed by atoms with Gasteiger partial charge in [0.1, 0.15) is 5.52 Å². The first kappa shape index (κ1) is 12.0. The Labute approximate surface area is 118 Å². The van der Waals surface area contributed by atoms with Gasteiger partial charge in [-0.2, -0.15) is 0 Å². The zero-order valence-corrected chi connectivity index (χ0v) is 12.1. The fraction of sp³-hybridized carbons (Fsp3) is 0.154. The molecule has 0 atom stereocenters. The third kappa shape index (κ3) is 2.11. The van der Waals surface area contributed by atoms with E-state index in [4.69, 9.17) is 11.6 Å². The minimum Gasteiger partial charge on any atom is -0.377 e. The van der Waals surface area contributed by atoms with Crippen molar-refractivity contribution in [2.45, 2.75) is 13.5 Å². The van der Waals surface area contributed by atoms with Crippen LogP contribution in [0.15, 0.2) is 29.1 Å². The molecule has 0 aliphatic carbocycles. The predicted molar refractivity (Wildman–Crippen MR) is 81.0 cm³/mol. The average molecular weight is 295 g/mol. The number of nitrogens with zero attached hydrogens (tertiary/aromatic N) is 1. The normalized spacial score (nSPS) is 11.0. The van der Waals surface area contributed by atoms with Crippen LogP contribution < -0.4 is 5.32 Å². The number of thiazole rings is 1. The van der Waals surface area contributed by atoms with Crippen LogP contribution in [0.5, 0.6) is 0 Å². The van der Waals surface area contributed by atoms with Crippen LogP contribution in [-0.2, 0) is 6.54 Å². The first-order chi connectivity index (χ1) is 8.75. The predicted octanol–water partition coefficient (Wildman–Crippen LogP) is 4.93. The second-order valence-electron chi connectivity index (χ2n) is 4.00.